The standard InChI is InChI=1S/C17H19Br2NO/c1-3-17(12-4-6-14(18)7-5-12)20-11-13-10-15(21-2)8-9-16(13)19/h4-10,17,20H,3,11H2,1-2H3. The second kappa shape index (κ2) is 7.97. The maximum atomic E-state index is 5.29. The Bertz CT molecular complexity index is 584. The Morgan fingerprint density at radius 2 is 1.81 bits per heavy atom. The van der Waals surface area contributed by atoms with Crippen LogP contribution in [0.15, 0.2) is 51.4 Å². The third-order valence-electron chi connectivity index (χ3n) is 3.47. The molecule has 0 radical (unpaired) electrons. The Balaban J connectivity index is 2.08. The molecule has 2 rings (SSSR count). The summed E-state index contributed by atoms with van der Waals surface area (Å²) in [4.78, 5) is 0. The zero-order valence-electron chi connectivity index (χ0n) is 12.2. The molecule has 0 spiro atoms. The van der Waals surface area contributed by atoms with Gasteiger partial charge in [0.25, 0.3) is 0 Å². The molecule has 0 saturated heterocycles. The predicted molar refractivity (Wildman–Crippen MR) is 94.7 cm³/mol. The lowest BCUT2D eigenvalue weighted by atomic mass is 10.0. The highest BCUT2D eigenvalue weighted by molar-refractivity contribution is 9.10. The SMILES string of the molecule is CCC(NCc1cc(OC)ccc1Br)c1ccc(Br)cc1. The molecule has 0 heterocycles. The van der Waals surface area contributed by atoms with Crippen LogP contribution in [0.25, 0.3) is 0 Å². The van der Waals surface area contributed by atoms with Gasteiger partial charge in [0.2, 0.25) is 0 Å². The first-order valence-corrected chi connectivity index (χ1v) is 8.54. The summed E-state index contributed by atoms with van der Waals surface area (Å²) in [6, 6.07) is 14.9. The highest BCUT2D eigenvalue weighted by Crippen LogP contribution is 2.24. The fourth-order valence-corrected chi connectivity index (χ4v) is 2.89. The monoisotopic (exact) mass is 411 g/mol. The molecule has 0 aromatic heterocycles. The fourth-order valence-electron chi connectivity index (χ4n) is 2.24. The van der Waals surface area contributed by atoms with Gasteiger partial charge in [-0.05, 0) is 47.9 Å². The van der Waals surface area contributed by atoms with Crippen molar-refractivity contribution in [3.05, 3.63) is 62.5 Å². The third kappa shape index (κ3) is 4.56. The summed E-state index contributed by atoms with van der Waals surface area (Å²) in [5.41, 5.74) is 2.50. The Morgan fingerprint density at radius 3 is 2.43 bits per heavy atom. The minimum absolute atomic E-state index is 0.344. The van der Waals surface area contributed by atoms with Gasteiger partial charge in [-0.3, -0.25) is 0 Å². The lowest BCUT2D eigenvalue weighted by Gasteiger charge is -2.18. The molecular formula is C17H19Br2NO. The van der Waals surface area contributed by atoms with Crippen molar-refractivity contribution in [2.24, 2.45) is 0 Å². The Labute approximate surface area is 143 Å². The Kier molecular flexibility index (Phi) is 6.27. The number of halogens is 2. The van der Waals surface area contributed by atoms with Crippen LogP contribution in [0.1, 0.15) is 30.5 Å². The molecule has 0 amide bonds. The van der Waals surface area contributed by atoms with Gasteiger partial charge in [-0.2, -0.15) is 0 Å². The average Bonchev–Trinajstić information content (AvgIpc) is 2.51. The maximum absolute atomic E-state index is 5.29. The highest BCUT2D eigenvalue weighted by atomic mass is 79.9. The van der Waals surface area contributed by atoms with Crippen molar-refractivity contribution in [1.82, 2.24) is 5.32 Å². The zero-order valence-corrected chi connectivity index (χ0v) is 15.4. The summed E-state index contributed by atoms with van der Waals surface area (Å²) < 4.78 is 7.49. The molecule has 0 aliphatic rings. The summed E-state index contributed by atoms with van der Waals surface area (Å²) in [7, 11) is 1.69. The molecule has 2 aromatic carbocycles. The number of rotatable bonds is 6. The van der Waals surface area contributed by atoms with Crippen LogP contribution in [-0.4, -0.2) is 7.11 Å². The van der Waals surface area contributed by atoms with Gasteiger partial charge in [-0.25, -0.2) is 0 Å². The normalized spacial score (nSPS) is 12.2. The molecule has 1 atom stereocenters. The zero-order chi connectivity index (χ0) is 15.2. The number of nitrogens with one attached hydrogen (secondary N) is 1. The van der Waals surface area contributed by atoms with E-state index >= 15 is 0 Å². The van der Waals surface area contributed by atoms with Crippen LogP contribution in [0.5, 0.6) is 5.75 Å². The first-order chi connectivity index (χ1) is 10.1. The quantitative estimate of drug-likeness (QED) is 0.679. The summed E-state index contributed by atoms with van der Waals surface area (Å²) >= 11 is 7.07. The second-order valence-corrected chi connectivity index (χ2v) is 6.62. The van der Waals surface area contributed by atoms with Gasteiger partial charge in [0, 0.05) is 21.5 Å². The molecule has 1 N–H and O–H groups in total. The van der Waals surface area contributed by atoms with E-state index in [0.717, 1.165) is 27.7 Å². The van der Waals surface area contributed by atoms with E-state index in [2.05, 4.69) is 74.4 Å². The summed E-state index contributed by atoms with van der Waals surface area (Å²) in [6.45, 7) is 2.99. The molecule has 2 aromatic rings. The number of hydrogen-bond acceptors (Lipinski definition) is 2. The van der Waals surface area contributed by atoms with Crippen LogP contribution >= 0.6 is 31.9 Å². The van der Waals surface area contributed by atoms with Crippen molar-refractivity contribution in [3.8, 4) is 5.75 Å². The van der Waals surface area contributed by atoms with Crippen LogP contribution in [0.2, 0.25) is 0 Å². The average molecular weight is 413 g/mol. The topological polar surface area (TPSA) is 21.3 Å². The summed E-state index contributed by atoms with van der Waals surface area (Å²) in [5.74, 6) is 0.881. The van der Waals surface area contributed by atoms with E-state index in [-0.39, 0.29) is 0 Å². The van der Waals surface area contributed by atoms with Gasteiger partial charge in [0.05, 0.1) is 7.11 Å². The van der Waals surface area contributed by atoms with E-state index in [0.29, 0.717) is 6.04 Å². The highest BCUT2D eigenvalue weighted by Gasteiger charge is 2.10. The van der Waals surface area contributed by atoms with Gasteiger partial charge in [0.15, 0.2) is 0 Å². The molecule has 0 saturated carbocycles. The smallest absolute Gasteiger partial charge is 0.119 e. The lowest BCUT2D eigenvalue weighted by Crippen LogP contribution is -2.20. The first kappa shape index (κ1) is 16.5. The molecule has 4 heteroatoms. The van der Waals surface area contributed by atoms with Gasteiger partial charge < -0.3 is 10.1 Å². The van der Waals surface area contributed by atoms with Crippen molar-refractivity contribution in [3.63, 3.8) is 0 Å². The number of methoxy groups -OCH3 is 1. The summed E-state index contributed by atoms with van der Waals surface area (Å²) in [6.07, 6.45) is 1.04. The van der Waals surface area contributed by atoms with E-state index in [9.17, 15) is 0 Å². The predicted octanol–water partition coefficient (Wildman–Crippen LogP) is 5.46. The van der Waals surface area contributed by atoms with Crippen molar-refractivity contribution >= 4 is 31.9 Å². The van der Waals surface area contributed by atoms with Gasteiger partial charge in [0.1, 0.15) is 5.75 Å². The van der Waals surface area contributed by atoms with Crippen LogP contribution in [-0.2, 0) is 6.54 Å². The lowest BCUT2D eigenvalue weighted by molar-refractivity contribution is 0.413. The van der Waals surface area contributed by atoms with Crippen LogP contribution in [0, 0.1) is 0 Å². The van der Waals surface area contributed by atoms with Crippen LogP contribution < -0.4 is 10.1 Å². The fraction of sp³-hybridized carbons (Fsp3) is 0.294. The van der Waals surface area contributed by atoms with Crippen molar-refractivity contribution in [1.29, 1.82) is 0 Å². The number of benzene rings is 2. The molecule has 112 valence electrons. The third-order valence-corrected chi connectivity index (χ3v) is 4.77. The second-order valence-electron chi connectivity index (χ2n) is 4.85. The van der Waals surface area contributed by atoms with E-state index in [1.807, 2.05) is 12.1 Å². The molecule has 21 heavy (non-hydrogen) atoms. The van der Waals surface area contributed by atoms with E-state index < -0.39 is 0 Å². The van der Waals surface area contributed by atoms with E-state index in [1.165, 1.54) is 11.1 Å². The minimum atomic E-state index is 0.344. The Hall–Kier alpha value is -0.840. The first-order valence-electron chi connectivity index (χ1n) is 6.95. The van der Waals surface area contributed by atoms with Gasteiger partial charge in [-0.15, -0.1) is 0 Å². The van der Waals surface area contributed by atoms with E-state index in [4.69, 9.17) is 4.74 Å². The number of hydrogen-bond donors (Lipinski definition) is 1. The minimum Gasteiger partial charge on any atom is -0.497 e. The van der Waals surface area contributed by atoms with E-state index in [1.54, 1.807) is 7.11 Å². The molecule has 0 bridgehead atoms. The molecule has 2 nitrogen and oxygen atoms in total. The van der Waals surface area contributed by atoms with Crippen molar-refractivity contribution < 1.29 is 4.74 Å². The molecule has 0 aliphatic carbocycles. The number of ether oxygens (including phenoxy) is 1. The molecule has 0 aliphatic heterocycles. The van der Waals surface area contributed by atoms with Gasteiger partial charge in [-0.1, -0.05) is 50.9 Å². The molecule has 1 unspecified atom stereocenters. The molecular weight excluding hydrogens is 394 g/mol. The van der Waals surface area contributed by atoms with Crippen molar-refractivity contribution in [2.45, 2.75) is 25.9 Å². The maximum Gasteiger partial charge on any atom is 0.119 e. The largest absolute Gasteiger partial charge is 0.497 e. The van der Waals surface area contributed by atoms with Crippen LogP contribution in [0.4, 0.5) is 0 Å². The van der Waals surface area contributed by atoms with Crippen molar-refractivity contribution in [2.75, 3.05) is 7.11 Å². The Morgan fingerprint density at radius 1 is 1.10 bits per heavy atom. The molecule has 0 fully saturated rings. The summed E-state index contributed by atoms with van der Waals surface area (Å²) in [5, 5.41) is 3.61. The van der Waals surface area contributed by atoms with Gasteiger partial charge >= 0.3 is 0 Å². The van der Waals surface area contributed by atoms with Crippen LogP contribution in [0.3, 0.4) is 0 Å².